The standard InChI is InChI=1S/C42H75NO8/c1-3-5-7-9-11-13-15-17-18-20-22-24-26-28-30-32-38(46)43-35(34-50-42-41(49)40(48)39(47)37(33-44)51-42)36(45)31-29-27-25-23-21-19-16-14-12-10-8-6-4-2/h11,13,17-18,21,23,29,31,35-37,39-42,44-45,47-49H,3-10,12,14-16,19-20,22,24-28,30,32-34H2,1-2H3,(H,43,46)/b13-11-,18-17-,23-21+,31-29+. The van der Waals surface area contributed by atoms with Crippen LogP contribution in [0.4, 0.5) is 0 Å². The molecule has 6 N–H and O–H groups in total. The van der Waals surface area contributed by atoms with Gasteiger partial charge < -0.3 is 40.3 Å². The molecular weight excluding hydrogens is 646 g/mol. The third-order valence-electron chi connectivity index (χ3n) is 9.38. The first-order valence-corrected chi connectivity index (χ1v) is 20.4. The summed E-state index contributed by atoms with van der Waals surface area (Å²) in [5.74, 6) is -0.205. The van der Waals surface area contributed by atoms with E-state index in [1.807, 2.05) is 6.08 Å². The fourth-order valence-electron chi connectivity index (χ4n) is 6.02. The first kappa shape index (κ1) is 47.2. The lowest BCUT2D eigenvalue weighted by atomic mass is 9.99. The molecule has 1 heterocycles. The van der Waals surface area contributed by atoms with Crippen molar-refractivity contribution < 1.29 is 39.8 Å². The maximum Gasteiger partial charge on any atom is 0.220 e. The van der Waals surface area contributed by atoms with Gasteiger partial charge in [-0.1, -0.05) is 133 Å². The highest BCUT2D eigenvalue weighted by Crippen LogP contribution is 2.22. The van der Waals surface area contributed by atoms with Crippen molar-refractivity contribution in [2.24, 2.45) is 0 Å². The van der Waals surface area contributed by atoms with E-state index in [1.165, 1.54) is 70.6 Å². The van der Waals surface area contributed by atoms with Crippen LogP contribution in [0.5, 0.6) is 0 Å². The molecule has 9 nitrogen and oxygen atoms in total. The van der Waals surface area contributed by atoms with Crippen molar-refractivity contribution in [3.63, 3.8) is 0 Å². The molecule has 0 aromatic heterocycles. The molecule has 1 aliphatic rings. The van der Waals surface area contributed by atoms with Crippen molar-refractivity contribution in [1.29, 1.82) is 0 Å². The Kier molecular flexibility index (Phi) is 30.3. The van der Waals surface area contributed by atoms with Gasteiger partial charge in [-0.3, -0.25) is 4.79 Å². The van der Waals surface area contributed by atoms with Gasteiger partial charge in [0.1, 0.15) is 24.4 Å². The van der Waals surface area contributed by atoms with Gasteiger partial charge in [0.15, 0.2) is 6.29 Å². The van der Waals surface area contributed by atoms with Crippen molar-refractivity contribution >= 4 is 5.91 Å². The number of aliphatic hydroxyl groups is 5. The summed E-state index contributed by atoms with van der Waals surface area (Å²) in [7, 11) is 0. The van der Waals surface area contributed by atoms with Crippen LogP contribution in [0.25, 0.3) is 0 Å². The van der Waals surface area contributed by atoms with E-state index in [1.54, 1.807) is 6.08 Å². The quantitative estimate of drug-likeness (QED) is 0.0309. The highest BCUT2D eigenvalue weighted by atomic mass is 16.7. The molecule has 1 aliphatic heterocycles. The number of amides is 1. The van der Waals surface area contributed by atoms with Gasteiger partial charge in [0.2, 0.25) is 5.91 Å². The van der Waals surface area contributed by atoms with Crippen molar-refractivity contribution in [3.8, 4) is 0 Å². The minimum atomic E-state index is -1.57. The molecule has 0 aromatic rings. The van der Waals surface area contributed by atoms with Gasteiger partial charge in [-0.05, 0) is 64.2 Å². The summed E-state index contributed by atoms with van der Waals surface area (Å²) in [4.78, 5) is 12.9. The van der Waals surface area contributed by atoms with E-state index in [4.69, 9.17) is 9.47 Å². The molecule has 296 valence electrons. The van der Waals surface area contributed by atoms with E-state index in [2.05, 4.69) is 55.6 Å². The third-order valence-corrected chi connectivity index (χ3v) is 9.38. The summed E-state index contributed by atoms with van der Waals surface area (Å²) in [6, 6.07) is -0.827. The molecule has 0 aliphatic carbocycles. The highest BCUT2D eigenvalue weighted by Gasteiger charge is 2.44. The van der Waals surface area contributed by atoms with E-state index in [0.717, 1.165) is 64.2 Å². The number of hydrogen-bond acceptors (Lipinski definition) is 8. The summed E-state index contributed by atoms with van der Waals surface area (Å²) in [5.41, 5.74) is 0. The Balaban J connectivity index is 2.47. The summed E-state index contributed by atoms with van der Waals surface area (Å²) in [6.45, 7) is 3.68. The normalized spacial score (nSPS) is 22.5. The molecule has 0 aromatic carbocycles. The van der Waals surface area contributed by atoms with E-state index >= 15 is 0 Å². The van der Waals surface area contributed by atoms with Crippen molar-refractivity contribution in [2.45, 2.75) is 198 Å². The maximum absolute atomic E-state index is 12.9. The lowest BCUT2D eigenvalue weighted by Gasteiger charge is -2.40. The second kappa shape index (κ2) is 32.8. The molecule has 0 radical (unpaired) electrons. The van der Waals surface area contributed by atoms with Gasteiger partial charge >= 0.3 is 0 Å². The predicted molar refractivity (Wildman–Crippen MR) is 207 cm³/mol. The van der Waals surface area contributed by atoms with Gasteiger partial charge in [0.05, 0.1) is 25.4 Å². The average Bonchev–Trinajstić information content (AvgIpc) is 3.13. The maximum atomic E-state index is 12.9. The monoisotopic (exact) mass is 722 g/mol. The Labute approximate surface area is 310 Å². The van der Waals surface area contributed by atoms with E-state index in [9.17, 15) is 30.3 Å². The zero-order chi connectivity index (χ0) is 37.4. The zero-order valence-corrected chi connectivity index (χ0v) is 32.1. The van der Waals surface area contributed by atoms with E-state index < -0.39 is 49.5 Å². The molecule has 1 fully saturated rings. The lowest BCUT2D eigenvalue weighted by molar-refractivity contribution is -0.302. The fraction of sp³-hybridized carbons (Fsp3) is 0.786. The van der Waals surface area contributed by atoms with Crippen LogP contribution >= 0.6 is 0 Å². The molecule has 9 heteroatoms. The molecular formula is C42H75NO8. The zero-order valence-electron chi connectivity index (χ0n) is 32.1. The molecule has 1 rings (SSSR count). The van der Waals surface area contributed by atoms with Crippen LogP contribution in [-0.2, 0) is 14.3 Å². The van der Waals surface area contributed by atoms with Crippen molar-refractivity contribution in [3.05, 3.63) is 48.6 Å². The van der Waals surface area contributed by atoms with Crippen LogP contribution in [0.15, 0.2) is 48.6 Å². The largest absolute Gasteiger partial charge is 0.394 e. The number of unbranched alkanes of at least 4 members (excludes halogenated alkanes) is 16. The van der Waals surface area contributed by atoms with Crippen LogP contribution < -0.4 is 5.32 Å². The number of hydrogen-bond donors (Lipinski definition) is 6. The molecule has 0 spiro atoms. The van der Waals surface area contributed by atoms with Gasteiger partial charge in [-0.2, -0.15) is 0 Å². The van der Waals surface area contributed by atoms with Crippen LogP contribution in [0.2, 0.25) is 0 Å². The predicted octanol–water partition coefficient (Wildman–Crippen LogP) is 7.50. The molecule has 0 bridgehead atoms. The Morgan fingerprint density at radius 3 is 1.80 bits per heavy atom. The van der Waals surface area contributed by atoms with Crippen LogP contribution in [0, 0.1) is 0 Å². The minimum Gasteiger partial charge on any atom is -0.394 e. The van der Waals surface area contributed by atoms with Crippen LogP contribution in [0.3, 0.4) is 0 Å². The molecule has 7 atom stereocenters. The number of carbonyl (C=O) groups is 1. The first-order valence-electron chi connectivity index (χ1n) is 20.4. The Hall–Kier alpha value is -1.85. The average molecular weight is 722 g/mol. The number of allylic oxidation sites excluding steroid dienone is 7. The molecule has 1 amide bonds. The Bertz CT molecular complexity index is 936. The summed E-state index contributed by atoms with van der Waals surface area (Å²) >= 11 is 0. The van der Waals surface area contributed by atoms with E-state index in [0.29, 0.717) is 6.42 Å². The van der Waals surface area contributed by atoms with Crippen molar-refractivity contribution in [2.75, 3.05) is 13.2 Å². The number of aliphatic hydroxyl groups excluding tert-OH is 5. The highest BCUT2D eigenvalue weighted by molar-refractivity contribution is 5.76. The third kappa shape index (κ3) is 24.2. The van der Waals surface area contributed by atoms with Crippen LogP contribution in [0.1, 0.15) is 155 Å². The van der Waals surface area contributed by atoms with Gasteiger partial charge in [-0.15, -0.1) is 0 Å². The molecule has 51 heavy (non-hydrogen) atoms. The van der Waals surface area contributed by atoms with Gasteiger partial charge in [0.25, 0.3) is 0 Å². The number of ether oxygens (including phenoxy) is 2. The van der Waals surface area contributed by atoms with Crippen molar-refractivity contribution in [1.82, 2.24) is 5.32 Å². The Morgan fingerprint density at radius 2 is 1.18 bits per heavy atom. The topological polar surface area (TPSA) is 149 Å². The summed E-state index contributed by atoms with van der Waals surface area (Å²) in [6.07, 6.45) is 32.9. The molecule has 1 saturated heterocycles. The van der Waals surface area contributed by atoms with Crippen LogP contribution in [-0.4, -0.2) is 87.5 Å². The second-order valence-electron chi connectivity index (χ2n) is 14.1. The number of nitrogens with one attached hydrogen (secondary N) is 1. The second-order valence-corrected chi connectivity index (χ2v) is 14.1. The fourth-order valence-corrected chi connectivity index (χ4v) is 6.02. The minimum absolute atomic E-state index is 0.205. The van der Waals surface area contributed by atoms with E-state index in [-0.39, 0.29) is 12.5 Å². The van der Waals surface area contributed by atoms with Gasteiger partial charge in [0, 0.05) is 6.42 Å². The lowest BCUT2D eigenvalue weighted by Crippen LogP contribution is -2.60. The first-order chi connectivity index (χ1) is 24.8. The number of rotatable bonds is 32. The van der Waals surface area contributed by atoms with Gasteiger partial charge in [-0.25, -0.2) is 0 Å². The molecule has 7 unspecified atom stereocenters. The SMILES string of the molecule is CCCCC/C=C\C/C=C\CCCCCCCC(=O)NC(COC1OC(CO)C(O)C(O)C1O)C(O)/C=C/CC/C=C/CCCCCCCCC. The Morgan fingerprint density at radius 1 is 0.667 bits per heavy atom. The summed E-state index contributed by atoms with van der Waals surface area (Å²) < 4.78 is 11.1. The summed E-state index contributed by atoms with van der Waals surface area (Å²) in [5, 5.41) is 53.9. The molecule has 0 saturated carbocycles. The smallest absolute Gasteiger partial charge is 0.220 e. The number of carbonyl (C=O) groups excluding carboxylic acids is 1.